The van der Waals surface area contributed by atoms with Crippen LogP contribution in [0.3, 0.4) is 0 Å². The Labute approximate surface area is 161 Å². The molecular weight excluding hydrogens is 401 g/mol. The summed E-state index contributed by atoms with van der Waals surface area (Å²) in [5.74, 6) is 1.42. The Balaban J connectivity index is 1.49. The van der Waals surface area contributed by atoms with Crippen LogP contribution in [-0.4, -0.2) is 54.1 Å². The number of halogens is 2. The fourth-order valence-electron chi connectivity index (χ4n) is 3.00. The van der Waals surface area contributed by atoms with Gasteiger partial charge >= 0.3 is 0 Å². The second kappa shape index (κ2) is 8.64. The molecule has 0 aliphatic carbocycles. The Morgan fingerprint density at radius 2 is 2.08 bits per heavy atom. The standard InChI is InChI=1S/C18H23BrFN5O/c1-13-9-15(23-26-13)12-24-5-7-25(8-6-24)18(21-2)22-11-14-3-4-16(19)17(20)10-14/h3-4,9-10H,5-8,11-12H2,1-2H3,(H,21,22). The quantitative estimate of drug-likeness (QED) is 0.605. The topological polar surface area (TPSA) is 56.9 Å². The van der Waals surface area contributed by atoms with Crippen molar-refractivity contribution >= 4 is 21.9 Å². The predicted octanol–water partition coefficient (Wildman–Crippen LogP) is 2.78. The van der Waals surface area contributed by atoms with Gasteiger partial charge in [-0.05, 0) is 40.5 Å². The molecule has 1 N–H and O–H groups in total. The molecule has 8 heteroatoms. The second-order valence-corrected chi connectivity index (χ2v) is 7.20. The Hall–Kier alpha value is -1.93. The third kappa shape index (κ3) is 4.82. The van der Waals surface area contributed by atoms with Crippen molar-refractivity contribution in [3.8, 4) is 0 Å². The zero-order valence-electron chi connectivity index (χ0n) is 15.0. The van der Waals surface area contributed by atoms with Crippen molar-refractivity contribution in [1.29, 1.82) is 0 Å². The summed E-state index contributed by atoms with van der Waals surface area (Å²) in [6, 6.07) is 7.12. The van der Waals surface area contributed by atoms with Gasteiger partial charge in [0.15, 0.2) is 5.96 Å². The van der Waals surface area contributed by atoms with Crippen LogP contribution in [0, 0.1) is 12.7 Å². The largest absolute Gasteiger partial charge is 0.361 e. The summed E-state index contributed by atoms with van der Waals surface area (Å²) in [5.41, 5.74) is 1.85. The van der Waals surface area contributed by atoms with Gasteiger partial charge in [-0.3, -0.25) is 9.89 Å². The van der Waals surface area contributed by atoms with E-state index < -0.39 is 0 Å². The maximum atomic E-state index is 13.6. The highest BCUT2D eigenvalue weighted by molar-refractivity contribution is 9.10. The van der Waals surface area contributed by atoms with E-state index in [0.29, 0.717) is 11.0 Å². The van der Waals surface area contributed by atoms with Crippen LogP contribution in [0.25, 0.3) is 0 Å². The molecule has 0 atom stereocenters. The Bertz CT molecular complexity index is 771. The molecule has 2 aromatic rings. The van der Waals surface area contributed by atoms with Gasteiger partial charge < -0.3 is 14.7 Å². The molecule has 26 heavy (non-hydrogen) atoms. The fourth-order valence-corrected chi connectivity index (χ4v) is 3.25. The summed E-state index contributed by atoms with van der Waals surface area (Å²) in [6.07, 6.45) is 0. The molecule has 1 aromatic heterocycles. The zero-order chi connectivity index (χ0) is 18.5. The molecular formula is C18H23BrFN5O. The summed E-state index contributed by atoms with van der Waals surface area (Å²) in [6.45, 7) is 6.86. The van der Waals surface area contributed by atoms with Crippen LogP contribution < -0.4 is 5.32 Å². The molecule has 0 amide bonds. The lowest BCUT2D eigenvalue weighted by Gasteiger charge is -2.36. The maximum Gasteiger partial charge on any atom is 0.194 e. The van der Waals surface area contributed by atoms with Crippen molar-refractivity contribution in [3.63, 3.8) is 0 Å². The van der Waals surface area contributed by atoms with Crippen molar-refractivity contribution in [2.24, 2.45) is 4.99 Å². The number of piperazine rings is 1. The lowest BCUT2D eigenvalue weighted by Crippen LogP contribution is -2.52. The number of hydrogen-bond acceptors (Lipinski definition) is 4. The van der Waals surface area contributed by atoms with Crippen LogP contribution in [-0.2, 0) is 13.1 Å². The molecule has 0 saturated carbocycles. The Morgan fingerprint density at radius 1 is 1.31 bits per heavy atom. The van der Waals surface area contributed by atoms with E-state index in [1.54, 1.807) is 13.1 Å². The molecule has 0 spiro atoms. The summed E-state index contributed by atoms with van der Waals surface area (Å²) >= 11 is 3.17. The van der Waals surface area contributed by atoms with Crippen molar-refractivity contribution in [3.05, 3.63) is 51.6 Å². The van der Waals surface area contributed by atoms with Crippen LogP contribution in [0.1, 0.15) is 17.0 Å². The fraction of sp³-hybridized carbons (Fsp3) is 0.444. The maximum absolute atomic E-state index is 13.6. The van der Waals surface area contributed by atoms with Crippen molar-refractivity contribution in [2.45, 2.75) is 20.0 Å². The molecule has 1 fully saturated rings. The van der Waals surface area contributed by atoms with Gasteiger partial charge in [-0.15, -0.1) is 0 Å². The van der Waals surface area contributed by atoms with Gasteiger partial charge in [0.05, 0.1) is 10.2 Å². The molecule has 1 aliphatic heterocycles. The van der Waals surface area contributed by atoms with Gasteiger partial charge in [0.2, 0.25) is 0 Å². The first-order chi connectivity index (χ1) is 12.5. The summed E-state index contributed by atoms with van der Waals surface area (Å²) in [4.78, 5) is 8.94. The van der Waals surface area contributed by atoms with Crippen LogP contribution in [0.5, 0.6) is 0 Å². The zero-order valence-corrected chi connectivity index (χ0v) is 16.6. The molecule has 1 aliphatic rings. The van der Waals surface area contributed by atoms with Gasteiger partial charge in [0.25, 0.3) is 0 Å². The van der Waals surface area contributed by atoms with Crippen molar-refractivity contribution in [2.75, 3.05) is 33.2 Å². The van der Waals surface area contributed by atoms with Gasteiger partial charge in [-0.25, -0.2) is 4.39 Å². The molecule has 140 valence electrons. The number of benzene rings is 1. The van der Waals surface area contributed by atoms with Gasteiger partial charge in [-0.1, -0.05) is 11.2 Å². The normalized spacial score (nSPS) is 16.2. The Morgan fingerprint density at radius 3 is 2.69 bits per heavy atom. The number of guanidine groups is 1. The first-order valence-corrected chi connectivity index (χ1v) is 9.38. The van der Waals surface area contributed by atoms with E-state index in [9.17, 15) is 4.39 Å². The minimum Gasteiger partial charge on any atom is -0.361 e. The van der Waals surface area contributed by atoms with E-state index in [-0.39, 0.29) is 5.82 Å². The molecule has 2 heterocycles. The first kappa shape index (κ1) is 18.8. The number of aryl methyl sites for hydroxylation is 1. The SMILES string of the molecule is CN=C(NCc1ccc(Br)c(F)c1)N1CCN(Cc2cc(C)on2)CC1. The van der Waals surface area contributed by atoms with Crippen LogP contribution in [0.4, 0.5) is 4.39 Å². The average molecular weight is 424 g/mol. The summed E-state index contributed by atoms with van der Waals surface area (Å²) in [7, 11) is 1.77. The third-order valence-corrected chi connectivity index (χ3v) is 5.02. The number of hydrogen-bond donors (Lipinski definition) is 1. The smallest absolute Gasteiger partial charge is 0.194 e. The molecule has 0 radical (unpaired) electrons. The van der Waals surface area contributed by atoms with Crippen LogP contribution >= 0.6 is 15.9 Å². The number of nitrogens with one attached hydrogen (secondary N) is 1. The Kier molecular flexibility index (Phi) is 6.26. The van der Waals surface area contributed by atoms with Crippen molar-refractivity contribution in [1.82, 2.24) is 20.3 Å². The molecule has 6 nitrogen and oxygen atoms in total. The molecule has 0 bridgehead atoms. The number of rotatable bonds is 4. The summed E-state index contributed by atoms with van der Waals surface area (Å²) < 4.78 is 19.2. The number of nitrogens with zero attached hydrogens (tertiary/aromatic N) is 4. The van der Waals surface area contributed by atoms with Crippen LogP contribution in [0.2, 0.25) is 0 Å². The van der Waals surface area contributed by atoms with E-state index >= 15 is 0 Å². The van der Waals surface area contributed by atoms with Crippen LogP contribution in [0.15, 0.2) is 38.3 Å². The minimum atomic E-state index is -0.254. The lowest BCUT2D eigenvalue weighted by molar-refractivity contribution is 0.169. The number of aromatic nitrogens is 1. The minimum absolute atomic E-state index is 0.254. The number of aliphatic imine (C=N–C) groups is 1. The van der Waals surface area contributed by atoms with Crippen molar-refractivity contribution < 1.29 is 8.91 Å². The lowest BCUT2D eigenvalue weighted by atomic mass is 10.2. The van der Waals surface area contributed by atoms with E-state index in [0.717, 1.165) is 55.7 Å². The van der Waals surface area contributed by atoms with Gasteiger partial charge in [0.1, 0.15) is 11.6 Å². The predicted molar refractivity (Wildman–Crippen MR) is 102 cm³/mol. The highest BCUT2D eigenvalue weighted by Gasteiger charge is 2.20. The first-order valence-electron chi connectivity index (χ1n) is 8.59. The van der Waals surface area contributed by atoms with E-state index in [1.165, 1.54) is 6.07 Å². The van der Waals surface area contributed by atoms with E-state index in [1.807, 2.05) is 19.1 Å². The molecule has 1 aromatic carbocycles. The third-order valence-electron chi connectivity index (χ3n) is 4.38. The highest BCUT2D eigenvalue weighted by Crippen LogP contribution is 2.16. The second-order valence-electron chi connectivity index (χ2n) is 6.34. The van der Waals surface area contributed by atoms with Gasteiger partial charge in [-0.2, -0.15) is 0 Å². The average Bonchev–Trinajstić information content (AvgIpc) is 3.04. The summed E-state index contributed by atoms with van der Waals surface area (Å²) in [5, 5.41) is 7.37. The molecule has 3 rings (SSSR count). The van der Waals surface area contributed by atoms with E-state index in [4.69, 9.17) is 4.52 Å². The van der Waals surface area contributed by atoms with Gasteiger partial charge in [0, 0.05) is 52.4 Å². The van der Waals surface area contributed by atoms with E-state index in [2.05, 4.69) is 41.2 Å². The molecule has 0 unspecified atom stereocenters. The highest BCUT2D eigenvalue weighted by atomic mass is 79.9. The monoisotopic (exact) mass is 423 g/mol. The molecule has 1 saturated heterocycles.